The molecule has 0 aliphatic heterocycles. The summed E-state index contributed by atoms with van der Waals surface area (Å²) in [6.45, 7) is 2.10. The number of rotatable bonds is 3. The Balaban J connectivity index is 1.59. The number of nitrogens with zero attached hydrogens (tertiary/aromatic N) is 2. The van der Waals surface area contributed by atoms with Gasteiger partial charge >= 0.3 is 0 Å². The number of fused-ring (bicyclic) bond motifs is 1. The summed E-state index contributed by atoms with van der Waals surface area (Å²) < 4.78 is 2.27. The van der Waals surface area contributed by atoms with Gasteiger partial charge in [-0.05, 0) is 65.6 Å². The van der Waals surface area contributed by atoms with Gasteiger partial charge in [0.2, 0.25) is 0 Å². The van der Waals surface area contributed by atoms with Crippen molar-refractivity contribution in [2.45, 2.75) is 6.92 Å². The van der Waals surface area contributed by atoms with Crippen LogP contribution in [0.15, 0.2) is 97.2 Å². The minimum absolute atomic E-state index is 1.01. The van der Waals surface area contributed by atoms with Crippen molar-refractivity contribution >= 4 is 10.9 Å². The van der Waals surface area contributed by atoms with E-state index < -0.39 is 0 Å². The van der Waals surface area contributed by atoms with Crippen LogP contribution in [0.3, 0.4) is 0 Å². The number of pyridine rings is 1. The van der Waals surface area contributed by atoms with E-state index in [9.17, 15) is 0 Å². The molecule has 5 rings (SSSR count). The average Bonchev–Trinajstić information content (AvgIpc) is 3.10. The molecule has 5 aromatic rings. The number of aromatic nitrogens is 2. The molecule has 0 bridgehead atoms. The van der Waals surface area contributed by atoms with Crippen LogP contribution in [-0.2, 0) is 7.05 Å². The second kappa shape index (κ2) is 7.06. The standard InChI is InChI=1S/C27H22N2/c1-19-13-14-28-25(15-19)23-10-6-9-21(16-23)22-11-12-26-24(17-22)18-27(29(26)2)20-7-4-3-5-8-20/h3-18H,1-2H3. The maximum absolute atomic E-state index is 4.54. The normalized spacial score (nSPS) is 11.1. The van der Waals surface area contributed by atoms with Crippen LogP contribution < -0.4 is 0 Å². The van der Waals surface area contributed by atoms with Gasteiger partial charge in [-0.25, -0.2) is 0 Å². The smallest absolute Gasteiger partial charge is 0.0704 e. The van der Waals surface area contributed by atoms with Gasteiger partial charge in [0.1, 0.15) is 0 Å². The fourth-order valence-corrected chi connectivity index (χ4v) is 3.97. The molecule has 2 heteroatoms. The summed E-state index contributed by atoms with van der Waals surface area (Å²) in [5.41, 5.74) is 9.51. The summed E-state index contributed by atoms with van der Waals surface area (Å²) in [7, 11) is 2.13. The topological polar surface area (TPSA) is 17.8 Å². The molecule has 0 radical (unpaired) electrons. The lowest BCUT2D eigenvalue weighted by Gasteiger charge is -2.07. The Kier molecular flexibility index (Phi) is 4.25. The van der Waals surface area contributed by atoms with Crippen LogP contribution in [0.25, 0.3) is 44.5 Å². The van der Waals surface area contributed by atoms with Gasteiger partial charge in [-0.3, -0.25) is 4.98 Å². The molecule has 2 heterocycles. The monoisotopic (exact) mass is 374 g/mol. The number of aryl methyl sites for hydroxylation is 2. The molecule has 0 aliphatic carbocycles. The first kappa shape index (κ1) is 17.4. The summed E-state index contributed by atoms with van der Waals surface area (Å²) in [5, 5.41) is 1.25. The van der Waals surface area contributed by atoms with Crippen molar-refractivity contribution in [2.75, 3.05) is 0 Å². The molecule has 0 aliphatic rings. The van der Waals surface area contributed by atoms with Gasteiger partial charge in [-0.2, -0.15) is 0 Å². The van der Waals surface area contributed by atoms with Gasteiger partial charge in [0.15, 0.2) is 0 Å². The predicted octanol–water partition coefficient (Wildman–Crippen LogP) is 6.88. The summed E-state index contributed by atoms with van der Waals surface area (Å²) in [4.78, 5) is 4.54. The molecular weight excluding hydrogens is 352 g/mol. The second-order valence-electron chi connectivity index (χ2n) is 7.53. The quantitative estimate of drug-likeness (QED) is 0.336. The molecule has 0 atom stereocenters. The number of benzene rings is 3. The van der Waals surface area contributed by atoms with E-state index in [4.69, 9.17) is 0 Å². The third kappa shape index (κ3) is 3.23. The third-order valence-corrected chi connectivity index (χ3v) is 5.52. The Morgan fingerprint density at radius 2 is 1.41 bits per heavy atom. The van der Waals surface area contributed by atoms with Crippen molar-refractivity contribution in [1.29, 1.82) is 0 Å². The highest BCUT2D eigenvalue weighted by molar-refractivity contribution is 5.91. The zero-order chi connectivity index (χ0) is 19.8. The summed E-state index contributed by atoms with van der Waals surface area (Å²) in [6, 6.07) is 32.3. The second-order valence-corrected chi connectivity index (χ2v) is 7.53. The Morgan fingerprint density at radius 3 is 2.24 bits per heavy atom. The van der Waals surface area contributed by atoms with Crippen LogP contribution in [0, 0.1) is 6.92 Å². The van der Waals surface area contributed by atoms with Crippen LogP contribution >= 0.6 is 0 Å². The van der Waals surface area contributed by atoms with E-state index >= 15 is 0 Å². The first-order valence-electron chi connectivity index (χ1n) is 9.87. The first-order valence-corrected chi connectivity index (χ1v) is 9.87. The highest BCUT2D eigenvalue weighted by atomic mass is 14.9. The molecule has 0 saturated carbocycles. The van der Waals surface area contributed by atoms with Crippen LogP contribution in [0.1, 0.15) is 5.56 Å². The van der Waals surface area contributed by atoms with Crippen molar-refractivity contribution in [1.82, 2.24) is 9.55 Å². The molecule has 0 amide bonds. The molecule has 0 N–H and O–H groups in total. The highest BCUT2D eigenvalue weighted by Gasteiger charge is 2.10. The van der Waals surface area contributed by atoms with E-state index in [1.807, 2.05) is 12.3 Å². The number of hydrogen-bond donors (Lipinski definition) is 0. The molecule has 2 aromatic heterocycles. The summed E-state index contributed by atoms with van der Waals surface area (Å²) >= 11 is 0. The van der Waals surface area contributed by atoms with Gasteiger partial charge in [0, 0.05) is 35.4 Å². The zero-order valence-corrected chi connectivity index (χ0v) is 16.6. The zero-order valence-electron chi connectivity index (χ0n) is 16.6. The molecule has 0 spiro atoms. The average molecular weight is 374 g/mol. The Labute approximate surface area is 171 Å². The fraction of sp³-hybridized carbons (Fsp3) is 0.0741. The van der Waals surface area contributed by atoms with Gasteiger partial charge in [-0.1, -0.05) is 54.6 Å². The lowest BCUT2D eigenvalue weighted by atomic mass is 10.00. The maximum Gasteiger partial charge on any atom is 0.0704 e. The van der Waals surface area contributed by atoms with E-state index in [1.165, 1.54) is 38.9 Å². The highest BCUT2D eigenvalue weighted by Crippen LogP contribution is 2.32. The lowest BCUT2D eigenvalue weighted by molar-refractivity contribution is 0.978. The molecule has 2 nitrogen and oxygen atoms in total. The van der Waals surface area contributed by atoms with Gasteiger partial charge < -0.3 is 4.57 Å². The van der Waals surface area contributed by atoms with Crippen molar-refractivity contribution in [3.05, 3.63) is 103 Å². The maximum atomic E-state index is 4.54. The van der Waals surface area contributed by atoms with Gasteiger partial charge in [0.25, 0.3) is 0 Å². The molecule has 140 valence electrons. The van der Waals surface area contributed by atoms with E-state index in [0.717, 1.165) is 11.3 Å². The molecular formula is C27H22N2. The molecule has 0 saturated heterocycles. The van der Waals surface area contributed by atoms with Crippen molar-refractivity contribution < 1.29 is 0 Å². The minimum atomic E-state index is 1.01. The van der Waals surface area contributed by atoms with E-state index in [2.05, 4.69) is 108 Å². The molecule has 29 heavy (non-hydrogen) atoms. The molecule has 0 unspecified atom stereocenters. The first-order chi connectivity index (χ1) is 14.2. The van der Waals surface area contributed by atoms with Crippen molar-refractivity contribution in [3.8, 4) is 33.6 Å². The Morgan fingerprint density at radius 1 is 0.655 bits per heavy atom. The van der Waals surface area contributed by atoms with Crippen LogP contribution in [0.2, 0.25) is 0 Å². The summed E-state index contributed by atoms with van der Waals surface area (Å²) in [6.07, 6.45) is 1.87. The van der Waals surface area contributed by atoms with Crippen LogP contribution in [-0.4, -0.2) is 9.55 Å². The van der Waals surface area contributed by atoms with Crippen LogP contribution in [0.4, 0.5) is 0 Å². The Bertz CT molecular complexity index is 1310. The van der Waals surface area contributed by atoms with E-state index in [1.54, 1.807) is 0 Å². The van der Waals surface area contributed by atoms with Gasteiger partial charge in [-0.15, -0.1) is 0 Å². The molecule has 0 fully saturated rings. The molecule has 3 aromatic carbocycles. The predicted molar refractivity (Wildman–Crippen MR) is 122 cm³/mol. The largest absolute Gasteiger partial charge is 0.344 e. The SMILES string of the molecule is Cc1ccnc(-c2cccc(-c3ccc4c(c3)cc(-c3ccccc3)n4C)c2)c1. The summed E-state index contributed by atoms with van der Waals surface area (Å²) in [5.74, 6) is 0. The number of hydrogen-bond acceptors (Lipinski definition) is 1. The fourth-order valence-electron chi connectivity index (χ4n) is 3.97. The third-order valence-electron chi connectivity index (χ3n) is 5.52. The minimum Gasteiger partial charge on any atom is -0.344 e. The van der Waals surface area contributed by atoms with Gasteiger partial charge in [0.05, 0.1) is 5.69 Å². The van der Waals surface area contributed by atoms with Crippen molar-refractivity contribution in [2.24, 2.45) is 7.05 Å². The van der Waals surface area contributed by atoms with E-state index in [0.29, 0.717) is 0 Å². The Hall–Kier alpha value is -3.65. The van der Waals surface area contributed by atoms with E-state index in [-0.39, 0.29) is 0 Å². The lowest BCUT2D eigenvalue weighted by Crippen LogP contribution is -1.90. The van der Waals surface area contributed by atoms with Crippen LogP contribution in [0.5, 0.6) is 0 Å². The van der Waals surface area contributed by atoms with Crippen molar-refractivity contribution in [3.63, 3.8) is 0 Å².